The zero-order valence-electron chi connectivity index (χ0n) is 15.1. The normalized spacial score (nSPS) is 14.2. The maximum Gasteiger partial charge on any atom is 0.255 e. The van der Waals surface area contributed by atoms with Crippen molar-refractivity contribution >= 4 is 40.0 Å². The molecule has 3 rings (SSSR count). The zero-order chi connectivity index (χ0) is 20.3. The molecule has 0 radical (unpaired) electrons. The Hall–Kier alpha value is -2.65. The molecule has 0 unspecified atom stereocenters. The lowest BCUT2D eigenvalue weighted by molar-refractivity contribution is 0.0535. The monoisotopic (exact) mass is 422 g/mol. The van der Waals surface area contributed by atoms with Gasteiger partial charge in [0.25, 0.3) is 11.8 Å². The van der Waals surface area contributed by atoms with E-state index >= 15 is 0 Å². The molecular weight excluding hydrogens is 404 g/mol. The predicted molar refractivity (Wildman–Crippen MR) is 106 cm³/mol. The second-order valence-electron chi connectivity index (χ2n) is 6.34. The van der Waals surface area contributed by atoms with Gasteiger partial charge in [0.2, 0.25) is 10.9 Å². The van der Waals surface area contributed by atoms with Crippen LogP contribution in [0.1, 0.15) is 26.3 Å². The van der Waals surface area contributed by atoms with Crippen molar-refractivity contribution in [3.05, 3.63) is 58.4 Å². The summed E-state index contributed by atoms with van der Waals surface area (Å²) in [4.78, 5) is 32.5. The van der Waals surface area contributed by atoms with E-state index in [1.807, 2.05) is 0 Å². The lowest BCUT2D eigenvalue weighted by Crippen LogP contribution is -2.50. The Morgan fingerprint density at radius 2 is 1.71 bits per heavy atom. The molecule has 1 saturated heterocycles. The van der Waals surface area contributed by atoms with Crippen molar-refractivity contribution in [3.8, 4) is 0 Å². The maximum atomic E-state index is 12.7. The summed E-state index contributed by atoms with van der Waals surface area (Å²) in [6, 6.07) is 6.39. The first-order chi connectivity index (χ1) is 13.4. The first-order valence-electron chi connectivity index (χ1n) is 8.56. The van der Waals surface area contributed by atoms with Crippen LogP contribution in [-0.2, 0) is 10.9 Å². The number of nitrogens with one attached hydrogen (secondary N) is 1. The number of thiol groups is 1. The van der Waals surface area contributed by atoms with E-state index in [1.165, 1.54) is 12.4 Å². The number of aromatic nitrogens is 1. The van der Waals surface area contributed by atoms with E-state index in [4.69, 9.17) is 11.6 Å². The summed E-state index contributed by atoms with van der Waals surface area (Å²) >= 11 is 6.04. The number of pyridine rings is 1. The summed E-state index contributed by atoms with van der Waals surface area (Å²) in [5.74, 6) is -0.340. The van der Waals surface area contributed by atoms with Crippen LogP contribution in [0.5, 0.6) is 0 Å². The summed E-state index contributed by atoms with van der Waals surface area (Å²) in [6.45, 7) is 3.33. The maximum absolute atomic E-state index is 12.7. The Balaban J connectivity index is 1.65. The van der Waals surface area contributed by atoms with Gasteiger partial charge in [0.1, 0.15) is 0 Å². The smallest absolute Gasteiger partial charge is 0.255 e. The number of rotatable bonds is 4. The second kappa shape index (κ2) is 8.57. The van der Waals surface area contributed by atoms with Crippen molar-refractivity contribution in [2.24, 2.45) is 0 Å². The molecule has 1 aliphatic heterocycles. The van der Waals surface area contributed by atoms with Gasteiger partial charge in [-0.1, -0.05) is 11.6 Å². The minimum absolute atomic E-state index is 0.157. The lowest BCUT2D eigenvalue weighted by Gasteiger charge is -2.35. The number of nitrogens with zero attached hydrogens (tertiary/aromatic N) is 3. The highest BCUT2D eigenvalue weighted by atomic mass is 35.5. The summed E-state index contributed by atoms with van der Waals surface area (Å²) in [5, 5.41) is 0.301. The molecule has 0 saturated carbocycles. The van der Waals surface area contributed by atoms with Gasteiger partial charge in [-0.05, 0) is 36.8 Å². The minimum Gasteiger partial charge on any atom is -0.335 e. The molecule has 0 spiro atoms. The van der Waals surface area contributed by atoms with Crippen LogP contribution in [0.3, 0.4) is 0 Å². The van der Waals surface area contributed by atoms with Gasteiger partial charge in [-0.15, -0.1) is 0 Å². The van der Waals surface area contributed by atoms with E-state index in [9.17, 15) is 18.0 Å². The molecule has 2 amide bonds. The molecule has 10 heteroatoms. The predicted octanol–water partition coefficient (Wildman–Crippen LogP) is 1.58. The fraction of sp³-hybridized carbons (Fsp3) is 0.278. The molecule has 0 aliphatic carbocycles. The number of hydrogen-bond donors (Lipinski definition) is 2. The zero-order valence-corrected chi connectivity index (χ0v) is 16.7. The van der Waals surface area contributed by atoms with Crippen LogP contribution in [0, 0.1) is 6.92 Å². The summed E-state index contributed by atoms with van der Waals surface area (Å²) < 4.78 is 23.9. The molecule has 1 aromatic carbocycles. The Bertz CT molecular complexity index is 979. The van der Waals surface area contributed by atoms with E-state index in [2.05, 4.69) is 9.71 Å². The summed E-state index contributed by atoms with van der Waals surface area (Å²) in [6.07, 6.45) is 2.95. The van der Waals surface area contributed by atoms with Crippen molar-refractivity contribution in [1.82, 2.24) is 14.8 Å². The van der Waals surface area contributed by atoms with Crippen LogP contribution < -0.4 is 4.72 Å². The number of carbonyl (C=O) groups excluding carboxylic acids is 2. The fourth-order valence-electron chi connectivity index (χ4n) is 3.03. The van der Waals surface area contributed by atoms with Gasteiger partial charge in [-0.2, -0.15) is 0 Å². The minimum atomic E-state index is -2.76. The molecule has 28 heavy (non-hydrogen) atoms. The Morgan fingerprint density at radius 1 is 1.07 bits per heavy atom. The van der Waals surface area contributed by atoms with Crippen LogP contribution in [0.25, 0.3) is 0 Å². The summed E-state index contributed by atoms with van der Waals surface area (Å²) in [7, 11) is -2.76. The van der Waals surface area contributed by atoms with E-state index in [0.29, 0.717) is 53.6 Å². The van der Waals surface area contributed by atoms with Gasteiger partial charge >= 0.3 is 0 Å². The molecule has 2 heterocycles. The molecule has 0 atom stereocenters. The van der Waals surface area contributed by atoms with Gasteiger partial charge in [-0.3, -0.25) is 19.3 Å². The number of benzene rings is 1. The third-order valence-corrected chi connectivity index (χ3v) is 5.27. The number of amides is 2. The molecular formula is C18H19ClN4O4S. The molecule has 0 bridgehead atoms. The van der Waals surface area contributed by atoms with E-state index < -0.39 is 10.9 Å². The highest BCUT2D eigenvalue weighted by Crippen LogP contribution is 2.20. The van der Waals surface area contributed by atoms with Gasteiger partial charge in [0, 0.05) is 44.1 Å². The van der Waals surface area contributed by atoms with Crippen LogP contribution in [0.2, 0.25) is 5.02 Å². The standard InChI is InChI=1S/C18H19ClN4O4S/c1-12-10-13(2-3-16(12)21-28(26)27)17(24)22-6-8-23(9-7-22)18(25)14-4-5-20-11-15(14)19/h2-5,10-11,28H,6-9H2,1H3,(H,21,26,27). The number of anilines is 1. The van der Waals surface area contributed by atoms with Crippen molar-refractivity contribution in [3.63, 3.8) is 0 Å². The third-order valence-electron chi connectivity index (χ3n) is 4.54. The Labute approximate surface area is 169 Å². The molecule has 148 valence electrons. The lowest BCUT2D eigenvalue weighted by atomic mass is 10.1. The van der Waals surface area contributed by atoms with Crippen LogP contribution >= 0.6 is 11.6 Å². The van der Waals surface area contributed by atoms with Gasteiger partial charge < -0.3 is 9.80 Å². The SMILES string of the molecule is Cc1cc(C(=O)N2CCN(C(=O)c3ccncc3Cl)CC2)ccc1N[SH](=O)=O. The highest BCUT2D eigenvalue weighted by molar-refractivity contribution is 7.73. The Morgan fingerprint density at radius 3 is 2.29 bits per heavy atom. The largest absolute Gasteiger partial charge is 0.335 e. The van der Waals surface area contributed by atoms with E-state index in [1.54, 1.807) is 41.0 Å². The number of aryl methyl sites for hydroxylation is 1. The molecule has 1 aromatic heterocycles. The van der Waals surface area contributed by atoms with Crippen molar-refractivity contribution in [2.75, 3.05) is 30.9 Å². The Kier molecular flexibility index (Phi) is 6.15. The number of halogens is 1. The average molecular weight is 423 g/mol. The van der Waals surface area contributed by atoms with E-state index in [-0.39, 0.29) is 11.8 Å². The quantitative estimate of drug-likeness (QED) is 0.729. The number of carbonyl (C=O) groups is 2. The summed E-state index contributed by atoms with van der Waals surface area (Å²) in [5.41, 5.74) is 1.97. The molecule has 2 aromatic rings. The van der Waals surface area contributed by atoms with Gasteiger partial charge in [-0.25, -0.2) is 8.42 Å². The second-order valence-corrected chi connectivity index (χ2v) is 7.48. The van der Waals surface area contributed by atoms with Crippen LogP contribution in [0.15, 0.2) is 36.7 Å². The van der Waals surface area contributed by atoms with Crippen LogP contribution in [-0.4, -0.2) is 61.2 Å². The highest BCUT2D eigenvalue weighted by Gasteiger charge is 2.26. The molecule has 1 N–H and O–H groups in total. The average Bonchev–Trinajstić information content (AvgIpc) is 2.68. The molecule has 1 fully saturated rings. The van der Waals surface area contributed by atoms with Crippen molar-refractivity contribution in [2.45, 2.75) is 6.92 Å². The van der Waals surface area contributed by atoms with Crippen molar-refractivity contribution < 1.29 is 18.0 Å². The molecule has 1 aliphatic rings. The topological polar surface area (TPSA) is 99.7 Å². The van der Waals surface area contributed by atoms with Gasteiger partial charge in [0.15, 0.2) is 0 Å². The van der Waals surface area contributed by atoms with Gasteiger partial charge in [0.05, 0.1) is 16.3 Å². The number of piperazine rings is 1. The first-order valence-corrected chi connectivity index (χ1v) is 10.1. The van der Waals surface area contributed by atoms with E-state index in [0.717, 1.165) is 0 Å². The third kappa shape index (κ3) is 4.42. The van der Waals surface area contributed by atoms with Crippen molar-refractivity contribution in [1.29, 1.82) is 0 Å². The first kappa shape index (κ1) is 20.1. The fourth-order valence-corrected chi connectivity index (χ4v) is 3.68. The van der Waals surface area contributed by atoms with Crippen LogP contribution in [0.4, 0.5) is 5.69 Å². The number of hydrogen-bond acceptors (Lipinski definition) is 5. The molecule has 8 nitrogen and oxygen atoms in total.